The van der Waals surface area contributed by atoms with Crippen molar-refractivity contribution in [2.45, 2.75) is 6.42 Å². The molecule has 0 amide bonds. The van der Waals surface area contributed by atoms with E-state index in [0.717, 1.165) is 15.8 Å². The van der Waals surface area contributed by atoms with Crippen molar-refractivity contribution >= 4 is 33.1 Å². The number of hydrogen-bond acceptors (Lipinski definition) is 2. The van der Waals surface area contributed by atoms with Crippen LogP contribution in [-0.2, 0) is 6.42 Å². The van der Waals surface area contributed by atoms with Gasteiger partial charge in [-0.05, 0) is 33.6 Å². The average molecular weight is 260 g/mol. The van der Waals surface area contributed by atoms with Crippen molar-refractivity contribution < 1.29 is 4.74 Å². The molecule has 0 aliphatic carbocycles. The van der Waals surface area contributed by atoms with Crippen LogP contribution in [0.5, 0.6) is 5.75 Å². The lowest BCUT2D eigenvalue weighted by atomic mass is 10.1. The van der Waals surface area contributed by atoms with Gasteiger partial charge in [0.25, 0.3) is 0 Å². The van der Waals surface area contributed by atoms with Gasteiger partial charge in [-0.3, -0.25) is 0 Å². The van der Waals surface area contributed by atoms with Crippen LogP contribution >= 0.6 is 28.1 Å². The number of halogens is 1. The standard InChI is InChI=1S/C9H10BrNOS/c1-12-8-4-6(5-9(11)13)2-3-7(8)10/h2-4H,5H2,1H3,(H2,11,13). The highest BCUT2D eigenvalue weighted by molar-refractivity contribution is 9.10. The molecular weight excluding hydrogens is 250 g/mol. The maximum Gasteiger partial charge on any atom is 0.133 e. The molecule has 0 fully saturated rings. The molecular formula is C9H10BrNOS. The third-order valence-electron chi connectivity index (χ3n) is 1.59. The summed E-state index contributed by atoms with van der Waals surface area (Å²) >= 11 is 8.18. The topological polar surface area (TPSA) is 35.2 Å². The van der Waals surface area contributed by atoms with Gasteiger partial charge in [-0.2, -0.15) is 0 Å². The normalized spacial score (nSPS) is 9.69. The number of nitrogens with two attached hydrogens (primary N) is 1. The lowest BCUT2D eigenvalue weighted by Crippen LogP contribution is -2.10. The van der Waals surface area contributed by atoms with Crippen LogP contribution in [0.2, 0.25) is 0 Å². The summed E-state index contributed by atoms with van der Waals surface area (Å²) in [5.74, 6) is 0.800. The summed E-state index contributed by atoms with van der Waals surface area (Å²) in [5, 5.41) is 0. The second-order valence-electron chi connectivity index (χ2n) is 2.61. The highest BCUT2D eigenvalue weighted by atomic mass is 79.9. The van der Waals surface area contributed by atoms with Crippen LogP contribution in [0, 0.1) is 0 Å². The highest BCUT2D eigenvalue weighted by Crippen LogP contribution is 2.25. The smallest absolute Gasteiger partial charge is 0.133 e. The molecule has 0 saturated heterocycles. The number of hydrogen-bond donors (Lipinski definition) is 1. The number of methoxy groups -OCH3 is 1. The van der Waals surface area contributed by atoms with Crippen molar-refractivity contribution in [1.82, 2.24) is 0 Å². The minimum absolute atomic E-state index is 0.490. The molecule has 0 aliphatic rings. The van der Waals surface area contributed by atoms with Crippen molar-refractivity contribution in [3.05, 3.63) is 28.2 Å². The first kappa shape index (κ1) is 10.5. The van der Waals surface area contributed by atoms with Crippen molar-refractivity contribution in [1.29, 1.82) is 0 Å². The van der Waals surface area contributed by atoms with Crippen molar-refractivity contribution in [2.75, 3.05) is 7.11 Å². The Bertz CT molecular complexity index is 327. The van der Waals surface area contributed by atoms with Crippen LogP contribution in [0.25, 0.3) is 0 Å². The van der Waals surface area contributed by atoms with Gasteiger partial charge in [0.15, 0.2) is 0 Å². The van der Waals surface area contributed by atoms with E-state index in [-0.39, 0.29) is 0 Å². The first-order valence-corrected chi connectivity index (χ1v) is 4.94. The second kappa shape index (κ2) is 4.58. The van der Waals surface area contributed by atoms with E-state index >= 15 is 0 Å². The van der Waals surface area contributed by atoms with E-state index in [9.17, 15) is 0 Å². The molecule has 70 valence electrons. The molecule has 0 aliphatic heterocycles. The SMILES string of the molecule is COc1cc(CC(N)=S)ccc1Br. The zero-order valence-corrected chi connectivity index (χ0v) is 9.61. The Hall–Kier alpha value is -0.610. The number of rotatable bonds is 3. The predicted molar refractivity (Wildman–Crippen MR) is 61.2 cm³/mol. The third kappa shape index (κ3) is 2.97. The van der Waals surface area contributed by atoms with E-state index in [1.807, 2.05) is 18.2 Å². The second-order valence-corrected chi connectivity index (χ2v) is 3.99. The molecule has 13 heavy (non-hydrogen) atoms. The van der Waals surface area contributed by atoms with Crippen LogP contribution < -0.4 is 10.5 Å². The molecule has 0 bridgehead atoms. The van der Waals surface area contributed by atoms with Crippen LogP contribution in [-0.4, -0.2) is 12.1 Å². The van der Waals surface area contributed by atoms with Gasteiger partial charge in [0.05, 0.1) is 16.6 Å². The quantitative estimate of drug-likeness (QED) is 0.847. The van der Waals surface area contributed by atoms with Crippen LogP contribution in [0.3, 0.4) is 0 Å². The van der Waals surface area contributed by atoms with E-state index in [2.05, 4.69) is 15.9 Å². The summed E-state index contributed by atoms with van der Waals surface area (Å²) in [5.41, 5.74) is 6.50. The van der Waals surface area contributed by atoms with Gasteiger partial charge in [0, 0.05) is 6.42 Å². The number of thiocarbonyl (C=S) groups is 1. The predicted octanol–water partition coefficient (Wildman–Crippen LogP) is 2.29. The Morgan fingerprint density at radius 2 is 2.31 bits per heavy atom. The van der Waals surface area contributed by atoms with Gasteiger partial charge in [-0.25, -0.2) is 0 Å². The molecule has 0 radical (unpaired) electrons. The number of ether oxygens (including phenoxy) is 1. The Labute approximate surface area is 91.2 Å². The molecule has 0 saturated carbocycles. The Morgan fingerprint density at radius 1 is 1.62 bits per heavy atom. The molecule has 2 N–H and O–H groups in total. The first-order valence-electron chi connectivity index (χ1n) is 3.74. The van der Waals surface area contributed by atoms with Crippen molar-refractivity contribution in [3.63, 3.8) is 0 Å². The molecule has 0 spiro atoms. The summed E-state index contributed by atoms with van der Waals surface area (Å²) in [6.45, 7) is 0. The van der Waals surface area contributed by atoms with E-state index in [1.54, 1.807) is 7.11 Å². The lowest BCUT2D eigenvalue weighted by molar-refractivity contribution is 0.412. The first-order chi connectivity index (χ1) is 6.13. The van der Waals surface area contributed by atoms with Crippen LogP contribution in [0.15, 0.2) is 22.7 Å². The van der Waals surface area contributed by atoms with Crippen molar-refractivity contribution in [3.8, 4) is 5.75 Å². The molecule has 4 heteroatoms. The minimum Gasteiger partial charge on any atom is -0.496 e. The number of benzene rings is 1. The molecule has 0 aromatic heterocycles. The Balaban J connectivity index is 2.92. The maximum atomic E-state index is 5.43. The third-order valence-corrected chi connectivity index (χ3v) is 2.39. The molecule has 1 aromatic carbocycles. The summed E-state index contributed by atoms with van der Waals surface area (Å²) in [4.78, 5) is 0.490. The van der Waals surface area contributed by atoms with Crippen molar-refractivity contribution in [2.24, 2.45) is 5.73 Å². The highest BCUT2D eigenvalue weighted by Gasteiger charge is 2.01. The molecule has 0 atom stereocenters. The monoisotopic (exact) mass is 259 g/mol. The van der Waals surface area contributed by atoms with E-state index < -0.39 is 0 Å². The summed E-state index contributed by atoms with van der Waals surface area (Å²) < 4.78 is 6.07. The maximum absolute atomic E-state index is 5.43. The van der Waals surface area contributed by atoms with Gasteiger partial charge in [-0.15, -0.1) is 0 Å². The zero-order chi connectivity index (χ0) is 9.84. The van der Waals surface area contributed by atoms with E-state index in [1.165, 1.54) is 0 Å². The van der Waals surface area contributed by atoms with Gasteiger partial charge in [-0.1, -0.05) is 18.3 Å². The van der Waals surface area contributed by atoms with E-state index in [4.69, 9.17) is 22.7 Å². The molecule has 0 heterocycles. The lowest BCUT2D eigenvalue weighted by Gasteiger charge is -2.05. The largest absolute Gasteiger partial charge is 0.496 e. The molecule has 0 unspecified atom stereocenters. The Kier molecular flexibility index (Phi) is 3.69. The summed E-state index contributed by atoms with van der Waals surface area (Å²) in [6.07, 6.45) is 0.610. The Morgan fingerprint density at radius 3 is 2.85 bits per heavy atom. The average Bonchev–Trinajstić information content (AvgIpc) is 2.07. The summed E-state index contributed by atoms with van der Waals surface area (Å²) in [6, 6.07) is 5.81. The fourth-order valence-electron chi connectivity index (χ4n) is 1.02. The van der Waals surface area contributed by atoms with E-state index in [0.29, 0.717) is 11.4 Å². The van der Waals surface area contributed by atoms with Gasteiger partial charge in [0.2, 0.25) is 0 Å². The fourth-order valence-corrected chi connectivity index (χ4v) is 1.59. The molecule has 1 rings (SSSR count). The zero-order valence-electron chi connectivity index (χ0n) is 7.21. The van der Waals surface area contributed by atoms with Crippen LogP contribution in [0.4, 0.5) is 0 Å². The van der Waals surface area contributed by atoms with Crippen LogP contribution in [0.1, 0.15) is 5.56 Å². The molecule has 2 nitrogen and oxygen atoms in total. The molecule has 1 aromatic rings. The van der Waals surface area contributed by atoms with Gasteiger partial charge >= 0.3 is 0 Å². The summed E-state index contributed by atoms with van der Waals surface area (Å²) in [7, 11) is 1.63. The van der Waals surface area contributed by atoms with Gasteiger partial charge in [0.1, 0.15) is 5.75 Å². The van der Waals surface area contributed by atoms with Gasteiger partial charge < -0.3 is 10.5 Å². The minimum atomic E-state index is 0.490. The fraction of sp³-hybridized carbons (Fsp3) is 0.222.